The normalized spacial score (nSPS) is 31.1. The molecule has 1 rings (SSSR count). The molecular weight excluding hydrogens is 257 g/mol. The van der Waals surface area contributed by atoms with Gasteiger partial charge in [0.1, 0.15) is 0 Å². The molecule has 0 amide bonds. The number of rotatable bonds is 1. The van der Waals surface area contributed by atoms with E-state index in [1.807, 2.05) is 0 Å². The quantitative estimate of drug-likeness (QED) is 0.720. The fourth-order valence-electron chi connectivity index (χ4n) is 0.525. The molecule has 1 aliphatic carbocycles. The van der Waals surface area contributed by atoms with Gasteiger partial charge in [0.25, 0.3) is 0 Å². The Hall–Kier alpha value is 1.21. The van der Waals surface area contributed by atoms with Crippen LogP contribution in [0.2, 0.25) is 0 Å². The van der Waals surface area contributed by atoms with E-state index in [4.69, 9.17) is 5.73 Å². The first-order chi connectivity index (χ1) is 3.17. The monoisotopic (exact) mass is 263 g/mol. The van der Waals surface area contributed by atoms with Crippen LogP contribution in [0, 0.1) is 5.92 Å². The van der Waals surface area contributed by atoms with Gasteiger partial charge in [0.2, 0.25) is 0 Å². The zero-order valence-electron chi connectivity index (χ0n) is 4.23. The van der Waals surface area contributed by atoms with E-state index in [9.17, 15) is 0 Å². The molecule has 4 heteroatoms. The highest BCUT2D eigenvalue weighted by atomic mass is 79.9. The van der Waals surface area contributed by atoms with Gasteiger partial charge in [0.05, 0.1) is 3.23 Å². The fraction of sp³-hybridized carbons (Fsp3) is 1.00. The molecule has 8 heavy (non-hydrogen) atoms. The Labute approximate surface area is 72.1 Å². The maximum Gasteiger partial charge on any atom is 0.0850 e. The van der Waals surface area contributed by atoms with E-state index in [0.717, 1.165) is 6.54 Å². The summed E-state index contributed by atoms with van der Waals surface area (Å²) in [6.45, 7) is 0.788. The smallest absolute Gasteiger partial charge is 0.0850 e. The molecule has 1 atom stereocenters. The SMILES string of the molecule is Cl.NCC1CC1(Br)Br. The summed E-state index contributed by atoms with van der Waals surface area (Å²) >= 11 is 6.90. The molecule has 0 bridgehead atoms. The molecule has 1 unspecified atom stereocenters. The minimum absolute atomic E-state index is 0. The largest absolute Gasteiger partial charge is 0.330 e. The van der Waals surface area contributed by atoms with Gasteiger partial charge >= 0.3 is 0 Å². The van der Waals surface area contributed by atoms with Gasteiger partial charge < -0.3 is 5.73 Å². The van der Waals surface area contributed by atoms with Crippen molar-refractivity contribution in [2.75, 3.05) is 6.54 Å². The summed E-state index contributed by atoms with van der Waals surface area (Å²) in [7, 11) is 0. The first-order valence-electron chi connectivity index (χ1n) is 2.24. The van der Waals surface area contributed by atoms with Crippen molar-refractivity contribution in [2.24, 2.45) is 11.7 Å². The van der Waals surface area contributed by atoms with Gasteiger partial charge in [0.15, 0.2) is 0 Å². The topological polar surface area (TPSA) is 26.0 Å². The standard InChI is InChI=1S/C4H7Br2N.ClH/c5-4(6)1-3(4)2-7;/h3H,1-2,7H2;1H. The van der Waals surface area contributed by atoms with Crippen LogP contribution in [0.1, 0.15) is 6.42 Å². The zero-order valence-corrected chi connectivity index (χ0v) is 8.22. The van der Waals surface area contributed by atoms with E-state index in [2.05, 4.69) is 31.9 Å². The Balaban J connectivity index is 0.000000490. The summed E-state index contributed by atoms with van der Waals surface area (Å²) < 4.78 is 0.217. The van der Waals surface area contributed by atoms with Crippen LogP contribution in [0.5, 0.6) is 0 Å². The predicted molar refractivity (Wildman–Crippen MR) is 45.0 cm³/mol. The van der Waals surface area contributed by atoms with Crippen LogP contribution in [0.25, 0.3) is 0 Å². The Morgan fingerprint density at radius 1 is 1.62 bits per heavy atom. The number of hydrogen-bond donors (Lipinski definition) is 1. The van der Waals surface area contributed by atoms with Crippen molar-refractivity contribution >= 4 is 44.3 Å². The van der Waals surface area contributed by atoms with Crippen molar-refractivity contribution < 1.29 is 0 Å². The predicted octanol–water partition coefficient (Wildman–Crippen LogP) is 1.87. The highest BCUT2D eigenvalue weighted by molar-refractivity contribution is 9.25. The van der Waals surface area contributed by atoms with E-state index in [1.54, 1.807) is 0 Å². The molecule has 50 valence electrons. The van der Waals surface area contributed by atoms with E-state index >= 15 is 0 Å². The van der Waals surface area contributed by atoms with E-state index in [1.165, 1.54) is 6.42 Å². The molecule has 1 saturated carbocycles. The fourth-order valence-corrected chi connectivity index (χ4v) is 1.68. The second-order valence-electron chi connectivity index (χ2n) is 1.90. The average Bonchev–Trinajstić information content (AvgIpc) is 2.13. The summed E-state index contributed by atoms with van der Waals surface area (Å²) in [5, 5.41) is 0. The van der Waals surface area contributed by atoms with Crippen molar-refractivity contribution in [3.05, 3.63) is 0 Å². The minimum Gasteiger partial charge on any atom is -0.330 e. The Bertz CT molecular complexity index is 86.1. The summed E-state index contributed by atoms with van der Waals surface area (Å²) in [6, 6.07) is 0. The van der Waals surface area contributed by atoms with E-state index in [-0.39, 0.29) is 15.6 Å². The molecule has 2 N–H and O–H groups in total. The van der Waals surface area contributed by atoms with Gasteiger partial charge in [-0.2, -0.15) is 0 Å². The number of halogens is 3. The van der Waals surface area contributed by atoms with Crippen molar-refractivity contribution in [2.45, 2.75) is 9.65 Å². The summed E-state index contributed by atoms with van der Waals surface area (Å²) in [5.74, 6) is 0.660. The van der Waals surface area contributed by atoms with Gasteiger partial charge in [-0.05, 0) is 18.9 Å². The lowest BCUT2D eigenvalue weighted by Crippen LogP contribution is -2.04. The highest BCUT2D eigenvalue weighted by Crippen LogP contribution is 2.55. The lowest BCUT2D eigenvalue weighted by molar-refractivity contribution is 0.846. The molecule has 0 aliphatic heterocycles. The third kappa shape index (κ3) is 1.87. The number of alkyl halides is 2. The van der Waals surface area contributed by atoms with Crippen molar-refractivity contribution in [3.63, 3.8) is 0 Å². The number of nitrogens with two attached hydrogens (primary N) is 1. The van der Waals surface area contributed by atoms with Gasteiger partial charge in [0, 0.05) is 0 Å². The summed E-state index contributed by atoms with van der Waals surface area (Å²) in [5.41, 5.74) is 5.35. The van der Waals surface area contributed by atoms with Gasteiger partial charge in [-0.1, -0.05) is 31.9 Å². The van der Waals surface area contributed by atoms with Crippen molar-refractivity contribution in [1.82, 2.24) is 0 Å². The second kappa shape index (κ2) is 2.86. The van der Waals surface area contributed by atoms with Crippen LogP contribution in [0.3, 0.4) is 0 Å². The summed E-state index contributed by atoms with van der Waals surface area (Å²) in [6.07, 6.45) is 1.17. The van der Waals surface area contributed by atoms with Crippen molar-refractivity contribution in [1.29, 1.82) is 0 Å². The molecule has 0 aromatic carbocycles. The Morgan fingerprint density at radius 2 is 2.00 bits per heavy atom. The first-order valence-corrected chi connectivity index (χ1v) is 3.83. The molecule has 1 fully saturated rings. The van der Waals surface area contributed by atoms with Crippen LogP contribution in [-0.4, -0.2) is 9.78 Å². The molecule has 0 spiro atoms. The van der Waals surface area contributed by atoms with E-state index < -0.39 is 0 Å². The molecule has 0 saturated heterocycles. The molecule has 1 aliphatic rings. The minimum atomic E-state index is 0. The maximum atomic E-state index is 5.35. The Morgan fingerprint density at radius 3 is 2.00 bits per heavy atom. The molecule has 1 nitrogen and oxygen atoms in total. The second-order valence-corrected chi connectivity index (χ2v) is 5.79. The third-order valence-corrected chi connectivity index (χ3v) is 3.18. The van der Waals surface area contributed by atoms with Gasteiger partial charge in [-0.3, -0.25) is 0 Å². The van der Waals surface area contributed by atoms with Crippen LogP contribution >= 0.6 is 44.3 Å². The van der Waals surface area contributed by atoms with E-state index in [0.29, 0.717) is 5.92 Å². The molecule has 0 radical (unpaired) electrons. The van der Waals surface area contributed by atoms with Crippen LogP contribution in [0.15, 0.2) is 0 Å². The van der Waals surface area contributed by atoms with Crippen LogP contribution in [-0.2, 0) is 0 Å². The first kappa shape index (κ1) is 9.21. The Kier molecular flexibility index (Phi) is 3.30. The number of hydrogen-bond acceptors (Lipinski definition) is 1. The van der Waals surface area contributed by atoms with Gasteiger partial charge in [-0.15, -0.1) is 12.4 Å². The van der Waals surface area contributed by atoms with Crippen molar-refractivity contribution in [3.8, 4) is 0 Å². The van der Waals surface area contributed by atoms with Crippen LogP contribution < -0.4 is 5.73 Å². The maximum absolute atomic E-state index is 5.35. The summed E-state index contributed by atoms with van der Waals surface area (Å²) in [4.78, 5) is 0. The average molecular weight is 265 g/mol. The molecule has 0 aromatic heterocycles. The lowest BCUT2D eigenvalue weighted by atomic mass is 10.4. The third-order valence-electron chi connectivity index (χ3n) is 1.24. The van der Waals surface area contributed by atoms with Gasteiger partial charge in [-0.25, -0.2) is 0 Å². The molecule has 0 aromatic rings. The molecular formula is C4H8Br2ClN. The van der Waals surface area contributed by atoms with Crippen LogP contribution in [0.4, 0.5) is 0 Å². The lowest BCUT2D eigenvalue weighted by Gasteiger charge is -1.91. The molecule has 0 heterocycles. The zero-order chi connectivity index (χ0) is 5.49. The highest BCUT2D eigenvalue weighted by Gasteiger charge is 2.48.